The number of hydrogen-bond donors (Lipinski definition) is 1. The summed E-state index contributed by atoms with van der Waals surface area (Å²) in [7, 11) is 3.87. The SMILES string of the molecule is CN(C)c1ncccc1O[C@@H]1CCN(C(=O)c2cc[nH]c2)C1. The Labute approximate surface area is 129 Å². The van der Waals surface area contributed by atoms with Gasteiger partial charge in [-0.25, -0.2) is 4.98 Å². The van der Waals surface area contributed by atoms with Crippen molar-refractivity contribution in [1.82, 2.24) is 14.9 Å². The van der Waals surface area contributed by atoms with Gasteiger partial charge in [0, 0.05) is 45.7 Å². The van der Waals surface area contributed by atoms with E-state index in [4.69, 9.17) is 4.74 Å². The molecule has 0 spiro atoms. The molecule has 6 heteroatoms. The van der Waals surface area contributed by atoms with E-state index in [1.54, 1.807) is 24.7 Å². The van der Waals surface area contributed by atoms with Gasteiger partial charge in [-0.15, -0.1) is 0 Å². The first-order valence-electron chi connectivity index (χ1n) is 7.36. The van der Waals surface area contributed by atoms with Crippen LogP contribution in [0.15, 0.2) is 36.8 Å². The number of H-pyrrole nitrogens is 1. The van der Waals surface area contributed by atoms with Crippen LogP contribution in [0.25, 0.3) is 0 Å². The molecule has 3 heterocycles. The van der Waals surface area contributed by atoms with Crippen LogP contribution in [0.5, 0.6) is 5.75 Å². The van der Waals surface area contributed by atoms with Crippen molar-refractivity contribution in [2.24, 2.45) is 0 Å². The van der Waals surface area contributed by atoms with E-state index in [1.165, 1.54) is 0 Å². The molecule has 6 nitrogen and oxygen atoms in total. The lowest BCUT2D eigenvalue weighted by Gasteiger charge is -2.20. The number of carbonyl (C=O) groups is 1. The normalized spacial score (nSPS) is 17.5. The monoisotopic (exact) mass is 300 g/mol. The molecule has 1 fully saturated rings. The Kier molecular flexibility index (Phi) is 4.00. The molecule has 3 rings (SSSR count). The number of nitrogens with zero attached hydrogens (tertiary/aromatic N) is 3. The molecule has 1 atom stereocenters. The van der Waals surface area contributed by atoms with Crippen molar-refractivity contribution in [2.75, 3.05) is 32.1 Å². The summed E-state index contributed by atoms with van der Waals surface area (Å²) in [5.41, 5.74) is 0.691. The van der Waals surface area contributed by atoms with E-state index in [1.807, 2.05) is 36.0 Å². The second-order valence-electron chi connectivity index (χ2n) is 5.60. The molecule has 0 aliphatic carbocycles. The molecule has 1 saturated heterocycles. The highest BCUT2D eigenvalue weighted by atomic mass is 16.5. The fraction of sp³-hybridized carbons (Fsp3) is 0.375. The zero-order valence-corrected chi connectivity index (χ0v) is 12.8. The molecule has 0 radical (unpaired) electrons. The minimum absolute atomic E-state index is 0.00536. The number of ether oxygens (including phenoxy) is 1. The van der Waals surface area contributed by atoms with Crippen LogP contribution in [0.3, 0.4) is 0 Å². The Bertz CT molecular complexity index is 639. The van der Waals surface area contributed by atoms with Crippen molar-refractivity contribution in [1.29, 1.82) is 0 Å². The van der Waals surface area contributed by atoms with Gasteiger partial charge in [0.1, 0.15) is 6.10 Å². The van der Waals surface area contributed by atoms with E-state index in [-0.39, 0.29) is 12.0 Å². The number of likely N-dealkylation sites (tertiary alicyclic amines) is 1. The van der Waals surface area contributed by atoms with E-state index in [9.17, 15) is 4.79 Å². The molecule has 22 heavy (non-hydrogen) atoms. The maximum absolute atomic E-state index is 12.3. The predicted molar refractivity (Wildman–Crippen MR) is 84.3 cm³/mol. The number of aromatic amines is 1. The summed E-state index contributed by atoms with van der Waals surface area (Å²) in [6.45, 7) is 1.32. The zero-order chi connectivity index (χ0) is 15.5. The van der Waals surface area contributed by atoms with Gasteiger partial charge in [-0.1, -0.05) is 0 Å². The lowest BCUT2D eigenvalue weighted by molar-refractivity contribution is 0.0772. The first-order chi connectivity index (χ1) is 10.6. The average molecular weight is 300 g/mol. The van der Waals surface area contributed by atoms with Crippen LogP contribution in [-0.4, -0.2) is 54.1 Å². The summed E-state index contributed by atoms with van der Waals surface area (Å²) in [6.07, 6.45) is 6.07. The van der Waals surface area contributed by atoms with Crippen LogP contribution in [0, 0.1) is 0 Å². The van der Waals surface area contributed by atoms with Crippen LogP contribution in [0.4, 0.5) is 5.82 Å². The fourth-order valence-corrected chi connectivity index (χ4v) is 2.64. The lowest BCUT2D eigenvalue weighted by Crippen LogP contribution is -2.30. The molecular formula is C16H20N4O2. The van der Waals surface area contributed by atoms with Gasteiger partial charge in [0.2, 0.25) is 0 Å². The number of anilines is 1. The van der Waals surface area contributed by atoms with E-state index in [2.05, 4.69) is 9.97 Å². The smallest absolute Gasteiger partial charge is 0.255 e. The molecule has 0 bridgehead atoms. The second-order valence-corrected chi connectivity index (χ2v) is 5.60. The van der Waals surface area contributed by atoms with Crippen LogP contribution < -0.4 is 9.64 Å². The van der Waals surface area contributed by atoms with Gasteiger partial charge < -0.3 is 19.5 Å². The third-order valence-corrected chi connectivity index (χ3v) is 3.75. The molecule has 0 saturated carbocycles. The summed E-state index contributed by atoms with van der Waals surface area (Å²) in [6, 6.07) is 5.57. The first-order valence-corrected chi connectivity index (χ1v) is 7.36. The molecule has 1 aliphatic heterocycles. The largest absolute Gasteiger partial charge is 0.485 e. The van der Waals surface area contributed by atoms with Gasteiger partial charge in [-0.05, 0) is 18.2 Å². The van der Waals surface area contributed by atoms with Crippen LogP contribution in [0.1, 0.15) is 16.8 Å². The maximum atomic E-state index is 12.3. The minimum atomic E-state index is 0.00536. The van der Waals surface area contributed by atoms with E-state index < -0.39 is 0 Å². The highest BCUT2D eigenvalue weighted by molar-refractivity contribution is 5.94. The highest BCUT2D eigenvalue weighted by Gasteiger charge is 2.29. The Morgan fingerprint density at radius 1 is 1.45 bits per heavy atom. The average Bonchev–Trinajstić information content (AvgIpc) is 3.18. The van der Waals surface area contributed by atoms with Gasteiger partial charge in [-0.2, -0.15) is 0 Å². The quantitative estimate of drug-likeness (QED) is 0.935. The molecular weight excluding hydrogens is 280 g/mol. The number of amides is 1. The zero-order valence-electron chi connectivity index (χ0n) is 12.8. The topological polar surface area (TPSA) is 61.5 Å². The van der Waals surface area contributed by atoms with Crippen molar-refractivity contribution in [3.8, 4) is 5.75 Å². The van der Waals surface area contributed by atoms with Crippen molar-refractivity contribution in [3.05, 3.63) is 42.4 Å². The van der Waals surface area contributed by atoms with Gasteiger partial charge in [0.25, 0.3) is 5.91 Å². The van der Waals surface area contributed by atoms with Crippen molar-refractivity contribution in [3.63, 3.8) is 0 Å². The Balaban J connectivity index is 1.65. The van der Waals surface area contributed by atoms with Gasteiger partial charge >= 0.3 is 0 Å². The number of nitrogens with one attached hydrogen (secondary N) is 1. The van der Waals surface area contributed by atoms with E-state index >= 15 is 0 Å². The van der Waals surface area contributed by atoms with Gasteiger partial charge in [0.05, 0.1) is 12.1 Å². The van der Waals surface area contributed by atoms with Crippen LogP contribution >= 0.6 is 0 Å². The van der Waals surface area contributed by atoms with Gasteiger partial charge in [0.15, 0.2) is 11.6 Å². The number of rotatable bonds is 4. The Morgan fingerprint density at radius 3 is 3.05 bits per heavy atom. The summed E-state index contributed by atoms with van der Waals surface area (Å²) in [5, 5.41) is 0. The summed E-state index contributed by atoms with van der Waals surface area (Å²) in [4.78, 5) is 23.3. The highest BCUT2D eigenvalue weighted by Crippen LogP contribution is 2.27. The summed E-state index contributed by atoms with van der Waals surface area (Å²) < 4.78 is 6.06. The molecule has 0 aromatic carbocycles. The molecule has 1 aliphatic rings. The van der Waals surface area contributed by atoms with Crippen molar-refractivity contribution in [2.45, 2.75) is 12.5 Å². The molecule has 116 valence electrons. The Hall–Kier alpha value is -2.50. The van der Waals surface area contributed by atoms with Crippen LogP contribution in [0.2, 0.25) is 0 Å². The first kappa shape index (κ1) is 14.4. The molecule has 2 aromatic rings. The summed E-state index contributed by atoms with van der Waals surface area (Å²) >= 11 is 0. The third kappa shape index (κ3) is 2.90. The van der Waals surface area contributed by atoms with E-state index in [0.717, 1.165) is 18.0 Å². The second kappa shape index (κ2) is 6.09. The minimum Gasteiger partial charge on any atom is -0.485 e. The summed E-state index contributed by atoms with van der Waals surface area (Å²) in [5.74, 6) is 1.61. The van der Waals surface area contributed by atoms with E-state index in [0.29, 0.717) is 18.7 Å². The van der Waals surface area contributed by atoms with Gasteiger partial charge in [-0.3, -0.25) is 4.79 Å². The van der Waals surface area contributed by atoms with Crippen molar-refractivity contribution < 1.29 is 9.53 Å². The number of carbonyl (C=O) groups excluding carboxylic acids is 1. The maximum Gasteiger partial charge on any atom is 0.255 e. The van der Waals surface area contributed by atoms with Crippen molar-refractivity contribution >= 4 is 11.7 Å². The van der Waals surface area contributed by atoms with Crippen LogP contribution in [-0.2, 0) is 0 Å². The molecule has 2 aromatic heterocycles. The predicted octanol–water partition coefficient (Wildman–Crippen LogP) is 1.77. The molecule has 1 N–H and O–H groups in total. The standard InChI is InChI=1S/C16H20N4O2/c1-19(2)15-14(4-3-7-18-15)22-13-6-9-20(11-13)16(21)12-5-8-17-10-12/h3-5,7-8,10,13,17H,6,9,11H2,1-2H3/t13-/m1/s1. The number of pyridine rings is 1. The molecule has 0 unspecified atom stereocenters. The number of aromatic nitrogens is 2. The Morgan fingerprint density at radius 2 is 2.32 bits per heavy atom. The number of hydrogen-bond acceptors (Lipinski definition) is 4. The molecule has 1 amide bonds. The fourth-order valence-electron chi connectivity index (χ4n) is 2.64. The lowest BCUT2D eigenvalue weighted by atomic mass is 10.3. The third-order valence-electron chi connectivity index (χ3n) is 3.75.